The molecule has 2 atom stereocenters. The van der Waals surface area contributed by atoms with Crippen LogP contribution in [0.5, 0.6) is 0 Å². The standard InChI is InChI=1S/C12H21N3S/c1-3-9-5-4-6-10(7-9)14-12-8(2)11(13)15-16-12/h9-10,14H,3-7H2,1-2H3,(H2,13,15). The Labute approximate surface area is 102 Å². The molecule has 1 saturated carbocycles. The van der Waals surface area contributed by atoms with Crippen molar-refractivity contribution in [1.29, 1.82) is 0 Å². The lowest BCUT2D eigenvalue weighted by atomic mass is 9.84. The second-order valence-corrected chi connectivity index (χ2v) is 5.58. The molecule has 1 aliphatic carbocycles. The SMILES string of the molecule is CCC1CCCC(Nc2snc(N)c2C)C1. The summed E-state index contributed by atoms with van der Waals surface area (Å²) in [6.07, 6.45) is 6.64. The van der Waals surface area contributed by atoms with E-state index in [1.165, 1.54) is 48.6 Å². The molecule has 2 unspecified atom stereocenters. The zero-order chi connectivity index (χ0) is 11.5. The first-order chi connectivity index (χ1) is 7.70. The third-order valence-corrected chi connectivity index (χ3v) is 4.55. The van der Waals surface area contributed by atoms with Gasteiger partial charge in [-0.15, -0.1) is 0 Å². The summed E-state index contributed by atoms with van der Waals surface area (Å²) in [4.78, 5) is 0. The highest BCUT2D eigenvalue weighted by Crippen LogP contribution is 2.32. The van der Waals surface area contributed by atoms with E-state index in [0.29, 0.717) is 11.9 Å². The first-order valence-electron chi connectivity index (χ1n) is 6.19. The minimum Gasteiger partial charge on any atom is -0.383 e. The van der Waals surface area contributed by atoms with Crippen molar-refractivity contribution < 1.29 is 0 Å². The highest BCUT2D eigenvalue weighted by molar-refractivity contribution is 7.10. The van der Waals surface area contributed by atoms with Crippen LogP contribution >= 0.6 is 11.5 Å². The monoisotopic (exact) mass is 239 g/mol. The number of nitrogen functional groups attached to an aromatic ring is 1. The smallest absolute Gasteiger partial charge is 0.142 e. The Bertz CT molecular complexity index is 348. The predicted octanol–water partition coefficient (Wildman–Crippen LogP) is 3.41. The first-order valence-corrected chi connectivity index (χ1v) is 6.96. The maximum absolute atomic E-state index is 5.76. The van der Waals surface area contributed by atoms with Crippen molar-refractivity contribution in [3.8, 4) is 0 Å². The molecule has 2 rings (SSSR count). The maximum Gasteiger partial charge on any atom is 0.142 e. The molecule has 0 saturated heterocycles. The van der Waals surface area contributed by atoms with Crippen LogP contribution in [0.25, 0.3) is 0 Å². The van der Waals surface area contributed by atoms with Gasteiger partial charge < -0.3 is 11.1 Å². The molecule has 90 valence electrons. The third kappa shape index (κ3) is 2.48. The summed E-state index contributed by atoms with van der Waals surface area (Å²) < 4.78 is 4.18. The van der Waals surface area contributed by atoms with Crippen LogP contribution in [0.3, 0.4) is 0 Å². The van der Waals surface area contributed by atoms with Gasteiger partial charge in [0.1, 0.15) is 10.8 Å². The molecule has 0 aliphatic heterocycles. The van der Waals surface area contributed by atoms with Crippen molar-refractivity contribution in [3.05, 3.63) is 5.56 Å². The summed E-state index contributed by atoms with van der Waals surface area (Å²) in [5, 5.41) is 4.78. The van der Waals surface area contributed by atoms with E-state index >= 15 is 0 Å². The summed E-state index contributed by atoms with van der Waals surface area (Å²) in [6.45, 7) is 4.34. The molecule has 3 nitrogen and oxygen atoms in total. The molecule has 0 aromatic carbocycles. The fourth-order valence-corrected chi connectivity index (χ4v) is 3.25. The Balaban J connectivity index is 1.96. The Morgan fingerprint density at radius 3 is 2.94 bits per heavy atom. The van der Waals surface area contributed by atoms with Crippen molar-refractivity contribution in [2.24, 2.45) is 5.92 Å². The normalized spacial score (nSPS) is 25.6. The van der Waals surface area contributed by atoms with E-state index in [1.54, 1.807) is 0 Å². The van der Waals surface area contributed by atoms with Crippen LogP contribution < -0.4 is 11.1 Å². The molecule has 1 heterocycles. The molecule has 16 heavy (non-hydrogen) atoms. The lowest BCUT2D eigenvalue weighted by Gasteiger charge is -2.29. The number of rotatable bonds is 3. The summed E-state index contributed by atoms with van der Waals surface area (Å²) in [6, 6.07) is 0.622. The van der Waals surface area contributed by atoms with Crippen LogP contribution in [0.4, 0.5) is 10.8 Å². The van der Waals surface area contributed by atoms with Crippen LogP contribution in [-0.4, -0.2) is 10.4 Å². The Hall–Kier alpha value is -0.770. The average molecular weight is 239 g/mol. The summed E-state index contributed by atoms with van der Waals surface area (Å²) in [7, 11) is 0. The molecule has 4 heteroatoms. The van der Waals surface area contributed by atoms with Gasteiger partial charge in [0.05, 0.1) is 0 Å². The van der Waals surface area contributed by atoms with Crippen molar-refractivity contribution in [2.75, 3.05) is 11.1 Å². The number of nitrogens with zero attached hydrogens (tertiary/aromatic N) is 1. The quantitative estimate of drug-likeness (QED) is 0.849. The predicted molar refractivity (Wildman–Crippen MR) is 70.9 cm³/mol. The van der Waals surface area contributed by atoms with E-state index in [0.717, 1.165) is 11.5 Å². The van der Waals surface area contributed by atoms with Gasteiger partial charge in [0.25, 0.3) is 0 Å². The van der Waals surface area contributed by atoms with Crippen LogP contribution in [0.15, 0.2) is 0 Å². The van der Waals surface area contributed by atoms with Gasteiger partial charge in [0, 0.05) is 11.6 Å². The molecular formula is C12H21N3S. The second kappa shape index (κ2) is 5.04. The van der Waals surface area contributed by atoms with Gasteiger partial charge in [0.2, 0.25) is 0 Å². The van der Waals surface area contributed by atoms with E-state index in [4.69, 9.17) is 5.73 Å². The van der Waals surface area contributed by atoms with E-state index in [-0.39, 0.29) is 0 Å². The van der Waals surface area contributed by atoms with Crippen molar-refractivity contribution in [3.63, 3.8) is 0 Å². The van der Waals surface area contributed by atoms with Gasteiger partial charge in [-0.3, -0.25) is 0 Å². The molecule has 1 aliphatic rings. The highest BCUT2D eigenvalue weighted by Gasteiger charge is 2.21. The Kier molecular flexibility index (Phi) is 3.69. The van der Waals surface area contributed by atoms with E-state index < -0.39 is 0 Å². The van der Waals surface area contributed by atoms with Gasteiger partial charge in [-0.05, 0) is 37.2 Å². The van der Waals surface area contributed by atoms with Crippen molar-refractivity contribution in [2.45, 2.75) is 52.0 Å². The minimum atomic E-state index is 0.622. The number of hydrogen-bond acceptors (Lipinski definition) is 4. The molecule has 1 aromatic heterocycles. The number of hydrogen-bond donors (Lipinski definition) is 2. The molecule has 0 amide bonds. The highest BCUT2D eigenvalue weighted by atomic mass is 32.1. The molecule has 1 aromatic rings. The van der Waals surface area contributed by atoms with Crippen LogP contribution in [0.1, 0.15) is 44.6 Å². The van der Waals surface area contributed by atoms with Gasteiger partial charge in [-0.1, -0.05) is 26.2 Å². The lowest BCUT2D eigenvalue weighted by molar-refractivity contribution is 0.327. The fourth-order valence-electron chi connectivity index (χ4n) is 2.46. The van der Waals surface area contributed by atoms with Gasteiger partial charge in [-0.2, -0.15) is 4.37 Å². The number of nitrogens with two attached hydrogens (primary N) is 1. The zero-order valence-electron chi connectivity index (χ0n) is 10.1. The Morgan fingerprint density at radius 1 is 1.50 bits per heavy atom. The van der Waals surface area contributed by atoms with E-state index in [2.05, 4.69) is 16.6 Å². The second-order valence-electron chi connectivity index (χ2n) is 4.80. The van der Waals surface area contributed by atoms with Crippen LogP contribution in [-0.2, 0) is 0 Å². The van der Waals surface area contributed by atoms with Gasteiger partial charge >= 0.3 is 0 Å². The number of anilines is 2. The minimum absolute atomic E-state index is 0.622. The molecule has 0 bridgehead atoms. The summed E-state index contributed by atoms with van der Waals surface area (Å²) in [5.41, 5.74) is 6.87. The van der Waals surface area contributed by atoms with Crippen molar-refractivity contribution >= 4 is 22.4 Å². The largest absolute Gasteiger partial charge is 0.383 e. The van der Waals surface area contributed by atoms with E-state index in [1.807, 2.05) is 6.92 Å². The van der Waals surface area contributed by atoms with Crippen LogP contribution in [0, 0.1) is 12.8 Å². The summed E-state index contributed by atoms with van der Waals surface area (Å²) in [5.74, 6) is 1.58. The fraction of sp³-hybridized carbons (Fsp3) is 0.750. The van der Waals surface area contributed by atoms with Gasteiger partial charge in [-0.25, -0.2) is 0 Å². The van der Waals surface area contributed by atoms with Gasteiger partial charge in [0.15, 0.2) is 0 Å². The molecule has 0 spiro atoms. The molecule has 1 fully saturated rings. The van der Waals surface area contributed by atoms with Crippen molar-refractivity contribution in [1.82, 2.24) is 4.37 Å². The van der Waals surface area contributed by atoms with Crippen LogP contribution in [0.2, 0.25) is 0 Å². The van der Waals surface area contributed by atoms with E-state index in [9.17, 15) is 0 Å². The summed E-state index contributed by atoms with van der Waals surface area (Å²) >= 11 is 1.49. The first kappa shape index (κ1) is 11.7. The molecular weight excluding hydrogens is 218 g/mol. The molecule has 0 radical (unpaired) electrons. The Morgan fingerprint density at radius 2 is 2.31 bits per heavy atom. The number of nitrogens with one attached hydrogen (secondary N) is 1. The topological polar surface area (TPSA) is 50.9 Å². The third-order valence-electron chi connectivity index (χ3n) is 3.66. The lowest BCUT2D eigenvalue weighted by Crippen LogP contribution is -2.26. The average Bonchev–Trinajstić information content (AvgIpc) is 2.61. The number of aromatic nitrogens is 1. The molecule has 3 N–H and O–H groups in total. The zero-order valence-corrected chi connectivity index (χ0v) is 10.9. The maximum atomic E-state index is 5.76.